The summed E-state index contributed by atoms with van der Waals surface area (Å²) in [6.45, 7) is 2.24. The molecule has 7 rings (SSSR count). The van der Waals surface area contributed by atoms with Crippen LogP contribution in [0.25, 0.3) is 38.5 Å². The molecule has 3 heterocycles. The van der Waals surface area contributed by atoms with E-state index >= 15 is 0 Å². The van der Waals surface area contributed by atoms with Gasteiger partial charge in [-0.05, 0) is 79.8 Å². The second-order valence-electron chi connectivity index (χ2n) is 11.2. The number of rotatable bonds is 2. The quantitative estimate of drug-likeness (QED) is 0.192. The molecule has 178 valence electrons. The number of imidazole rings is 1. The van der Waals surface area contributed by atoms with Gasteiger partial charge < -0.3 is 0 Å². The maximum atomic E-state index is 4.98. The molecular formula is C32H36N3+. The minimum atomic E-state index is 0.641. The van der Waals surface area contributed by atoms with Gasteiger partial charge in [0.1, 0.15) is 5.52 Å². The number of aromatic nitrogens is 3. The van der Waals surface area contributed by atoms with Crippen LogP contribution < -0.4 is 4.40 Å². The van der Waals surface area contributed by atoms with Crippen molar-refractivity contribution in [3.05, 3.63) is 65.4 Å². The molecule has 3 aromatic heterocycles. The maximum Gasteiger partial charge on any atom is 0.297 e. The van der Waals surface area contributed by atoms with Gasteiger partial charge in [-0.15, -0.1) is 0 Å². The van der Waals surface area contributed by atoms with Crippen LogP contribution in [0.4, 0.5) is 0 Å². The summed E-state index contributed by atoms with van der Waals surface area (Å²) in [7, 11) is 2.27. The second kappa shape index (κ2) is 8.33. The molecule has 2 saturated carbocycles. The predicted molar refractivity (Wildman–Crippen MR) is 145 cm³/mol. The average Bonchev–Trinajstić information content (AvgIpc) is 3.21. The molecular weight excluding hydrogens is 426 g/mol. The van der Waals surface area contributed by atoms with Gasteiger partial charge in [0.05, 0.1) is 18.0 Å². The van der Waals surface area contributed by atoms with Crippen molar-refractivity contribution in [3.8, 4) is 0 Å². The fraction of sp³-hybridized carbons (Fsp3) is 0.438. The summed E-state index contributed by atoms with van der Waals surface area (Å²) < 4.78 is 5.05. The van der Waals surface area contributed by atoms with Crippen molar-refractivity contribution in [1.29, 1.82) is 0 Å². The van der Waals surface area contributed by atoms with E-state index in [2.05, 4.69) is 65.4 Å². The van der Waals surface area contributed by atoms with Gasteiger partial charge >= 0.3 is 0 Å². The second-order valence-corrected chi connectivity index (χ2v) is 11.2. The van der Waals surface area contributed by atoms with E-state index in [9.17, 15) is 0 Å². The highest BCUT2D eigenvalue weighted by molar-refractivity contribution is 6.10. The summed E-state index contributed by atoms with van der Waals surface area (Å²) in [5.41, 5.74) is 10.9. The third kappa shape index (κ3) is 3.23. The zero-order chi connectivity index (χ0) is 23.5. The van der Waals surface area contributed by atoms with Gasteiger partial charge in [-0.25, -0.2) is 4.57 Å². The Labute approximate surface area is 207 Å². The summed E-state index contributed by atoms with van der Waals surface area (Å²) >= 11 is 0. The van der Waals surface area contributed by atoms with E-state index in [-0.39, 0.29) is 0 Å². The van der Waals surface area contributed by atoms with E-state index in [0.717, 1.165) is 5.52 Å². The lowest BCUT2D eigenvalue weighted by atomic mass is 9.83. The van der Waals surface area contributed by atoms with Crippen LogP contribution in [0.5, 0.6) is 0 Å². The highest BCUT2D eigenvalue weighted by atomic mass is 15.1. The predicted octanol–water partition coefficient (Wildman–Crippen LogP) is 8.02. The Morgan fingerprint density at radius 1 is 0.857 bits per heavy atom. The standard InChI is InChI=1S/C32H36N3/c1-21-18-19-33-30-26-15-9-14-25(23-12-7-4-8-13-23)31(26)35-27-17-16-24(22-10-5-3-6-11-22)20-28(27)34(2)32(35)29(21)30/h9,14-20,22-23H,3-8,10-13H2,1-2H3/q+1. The lowest BCUT2D eigenvalue weighted by molar-refractivity contribution is -0.449. The van der Waals surface area contributed by atoms with Gasteiger partial charge in [0, 0.05) is 17.1 Å². The van der Waals surface area contributed by atoms with Crippen LogP contribution in [0.3, 0.4) is 0 Å². The monoisotopic (exact) mass is 462 g/mol. The van der Waals surface area contributed by atoms with E-state index in [1.165, 1.54) is 114 Å². The number of para-hydroxylation sites is 1. The molecule has 3 nitrogen and oxygen atoms in total. The molecule has 0 aliphatic heterocycles. The first-order valence-electron chi connectivity index (χ1n) is 13.9. The van der Waals surface area contributed by atoms with Gasteiger partial charge in [0.2, 0.25) is 0 Å². The summed E-state index contributed by atoms with van der Waals surface area (Å²) in [5.74, 6) is 1.35. The van der Waals surface area contributed by atoms with E-state index in [1.54, 1.807) is 0 Å². The first-order valence-corrected chi connectivity index (χ1v) is 13.9. The molecule has 0 amide bonds. The van der Waals surface area contributed by atoms with Crippen LogP contribution in [0.15, 0.2) is 48.7 Å². The van der Waals surface area contributed by atoms with Crippen LogP contribution in [0.1, 0.15) is 92.7 Å². The molecule has 0 unspecified atom stereocenters. The molecule has 0 spiro atoms. The molecule has 2 aliphatic carbocycles. The SMILES string of the molecule is Cc1ccnc2c3cccc(C4CCCCC4)c3[n+]3c4ccc(C5CCCCC5)cc4n(C)c3c12. The van der Waals surface area contributed by atoms with Crippen molar-refractivity contribution in [2.75, 3.05) is 0 Å². The average molecular weight is 463 g/mol. The molecule has 3 heteroatoms. The van der Waals surface area contributed by atoms with Crippen LogP contribution in [-0.2, 0) is 7.05 Å². The molecule has 2 aliphatic rings. The summed E-state index contributed by atoms with van der Waals surface area (Å²) in [6, 6.07) is 16.5. The van der Waals surface area contributed by atoms with Gasteiger partial charge in [0.15, 0.2) is 11.0 Å². The van der Waals surface area contributed by atoms with Gasteiger partial charge in [-0.1, -0.05) is 56.7 Å². The fourth-order valence-electron chi connectivity index (χ4n) is 7.36. The fourth-order valence-corrected chi connectivity index (χ4v) is 7.36. The summed E-state index contributed by atoms with van der Waals surface area (Å²) in [4.78, 5) is 4.98. The molecule has 0 radical (unpaired) electrons. The first kappa shape index (κ1) is 21.4. The van der Waals surface area contributed by atoms with Crippen LogP contribution in [0, 0.1) is 6.92 Å². The summed E-state index contributed by atoms with van der Waals surface area (Å²) in [6.07, 6.45) is 15.5. The highest BCUT2D eigenvalue weighted by Gasteiger charge is 2.29. The molecule has 35 heavy (non-hydrogen) atoms. The Morgan fingerprint density at radius 2 is 1.60 bits per heavy atom. The Morgan fingerprint density at radius 3 is 2.37 bits per heavy atom. The molecule has 2 aromatic carbocycles. The third-order valence-corrected chi connectivity index (χ3v) is 9.18. The number of hydrogen-bond acceptors (Lipinski definition) is 1. The number of pyridine rings is 2. The molecule has 0 bridgehead atoms. The zero-order valence-electron chi connectivity index (χ0n) is 21.2. The minimum Gasteiger partial charge on any atom is -0.255 e. The molecule has 2 fully saturated rings. The van der Waals surface area contributed by atoms with Crippen LogP contribution in [-0.4, -0.2) is 9.55 Å². The van der Waals surface area contributed by atoms with Crippen LogP contribution >= 0.6 is 0 Å². The van der Waals surface area contributed by atoms with Gasteiger partial charge in [-0.2, -0.15) is 4.40 Å². The Balaban J connectivity index is 1.62. The van der Waals surface area contributed by atoms with E-state index in [0.29, 0.717) is 11.8 Å². The highest BCUT2D eigenvalue weighted by Crippen LogP contribution is 2.39. The molecule has 0 atom stereocenters. The number of benzene rings is 2. The van der Waals surface area contributed by atoms with Crippen molar-refractivity contribution >= 4 is 38.5 Å². The smallest absolute Gasteiger partial charge is 0.255 e. The van der Waals surface area contributed by atoms with Crippen molar-refractivity contribution in [3.63, 3.8) is 0 Å². The number of hydrogen-bond donors (Lipinski definition) is 0. The Kier molecular flexibility index (Phi) is 5.08. The Hall–Kier alpha value is -2.94. The third-order valence-electron chi connectivity index (χ3n) is 9.18. The van der Waals surface area contributed by atoms with E-state index < -0.39 is 0 Å². The lowest BCUT2D eigenvalue weighted by Gasteiger charge is -2.23. The first-order chi connectivity index (χ1) is 17.2. The zero-order valence-corrected chi connectivity index (χ0v) is 21.2. The van der Waals surface area contributed by atoms with Crippen molar-refractivity contribution < 1.29 is 4.40 Å². The number of aryl methyl sites for hydroxylation is 2. The van der Waals surface area contributed by atoms with Crippen molar-refractivity contribution in [1.82, 2.24) is 9.55 Å². The lowest BCUT2D eigenvalue weighted by Crippen LogP contribution is -2.25. The van der Waals surface area contributed by atoms with E-state index in [1.807, 2.05) is 6.20 Å². The van der Waals surface area contributed by atoms with Gasteiger partial charge in [0.25, 0.3) is 5.65 Å². The summed E-state index contributed by atoms with van der Waals surface area (Å²) in [5, 5.41) is 2.59. The Bertz CT molecular complexity index is 1580. The normalized spacial score (nSPS) is 18.3. The largest absolute Gasteiger partial charge is 0.297 e. The van der Waals surface area contributed by atoms with Crippen molar-refractivity contribution in [2.24, 2.45) is 7.05 Å². The number of fused-ring (bicyclic) bond motifs is 8. The minimum absolute atomic E-state index is 0.641. The topological polar surface area (TPSA) is 21.9 Å². The molecule has 5 aromatic rings. The maximum absolute atomic E-state index is 4.98. The van der Waals surface area contributed by atoms with Crippen LogP contribution in [0.2, 0.25) is 0 Å². The van der Waals surface area contributed by atoms with Crippen molar-refractivity contribution in [2.45, 2.75) is 83.0 Å². The molecule has 0 N–H and O–H groups in total. The number of nitrogens with zero attached hydrogens (tertiary/aromatic N) is 3. The molecule has 0 saturated heterocycles. The van der Waals surface area contributed by atoms with Gasteiger partial charge in [-0.3, -0.25) is 4.98 Å². The van der Waals surface area contributed by atoms with E-state index in [4.69, 9.17) is 4.98 Å².